The van der Waals surface area contributed by atoms with Crippen molar-refractivity contribution in [1.82, 2.24) is 15.2 Å². The Bertz CT molecular complexity index is 1610. The van der Waals surface area contributed by atoms with Gasteiger partial charge in [-0.3, -0.25) is 4.79 Å². The molecule has 5 rings (SSSR count). The predicted octanol–water partition coefficient (Wildman–Crippen LogP) is 5.10. The summed E-state index contributed by atoms with van der Waals surface area (Å²) in [5.74, 6) is -0.337. The molecule has 41 heavy (non-hydrogen) atoms. The molecular formula is C30H37N3O7S. The molecular weight excluding hydrogens is 546 g/mol. The highest BCUT2D eigenvalue weighted by molar-refractivity contribution is 7.86. The van der Waals surface area contributed by atoms with E-state index in [1.54, 1.807) is 20.8 Å². The third-order valence-corrected chi connectivity index (χ3v) is 7.84. The minimum atomic E-state index is -3.91. The van der Waals surface area contributed by atoms with Gasteiger partial charge < -0.3 is 24.3 Å². The molecule has 0 saturated heterocycles. The van der Waals surface area contributed by atoms with Crippen LogP contribution in [0.15, 0.2) is 30.3 Å². The van der Waals surface area contributed by atoms with Crippen LogP contribution in [0.25, 0.3) is 22.2 Å². The second-order valence-electron chi connectivity index (χ2n) is 11.7. The summed E-state index contributed by atoms with van der Waals surface area (Å²) < 4.78 is 42.1. The summed E-state index contributed by atoms with van der Waals surface area (Å²) in [7, 11) is -2.52. The Morgan fingerprint density at radius 1 is 1.12 bits per heavy atom. The maximum atomic E-state index is 13.6. The number of hydrogen-bond donors (Lipinski definition) is 2. The van der Waals surface area contributed by atoms with E-state index in [9.17, 15) is 18.0 Å². The Morgan fingerprint density at radius 2 is 1.85 bits per heavy atom. The van der Waals surface area contributed by atoms with Gasteiger partial charge in [-0.25, -0.2) is 9.36 Å². The van der Waals surface area contributed by atoms with Gasteiger partial charge in [-0.15, -0.1) is 0 Å². The zero-order valence-electron chi connectivity index (χ0n) is 24.1. The van der Waals surface area contributed by atoms with Crippen LogP contribution >= 0.6 is 0 Å². The fraction of sp³-hybridized carbons (Fsp3) is 0.467. The van der Waals surface area contributed by atoms with Gasteiger partial charge in [0.05, 0.1) is 30.1 Å². The van der Waals surface area contributed by atoms with E-state index in [4.69, 9.17) is 13.7 Å². The van der Waals surface area contributed by atoms with E-state index in [0.29, 0.717) is 34.9 Å². The molecule has 10 nitrogen and oxygen atoms in total. The van der Waals surface area contributed by atoms with Crippen molar-refractivity contribution in [3.63, 3.8) is 0 Å². The van der Waals surface area contributed by atoms with Crippen molar-refractivity contribution in [3.05, 3.63) is 47.0 Å². The van der Waals surface area contributed by atoms with Gasteiger partial charge in [-0.1, -0.05) is 25.3 Å². The number of aromatic nitrogens is 1. The number of benzene rings is 2. The van der Waals surface area contributed by atoms with Crippen LogP contribution in [0.1, 0.15) is 74.4 Å². The smallest absolute Gasteiger partial charge is 0.419 e. The summed E-state index contributed by atoms with van der Waals surface area (Å²) in [4.78, 5) is 26.7. The van der Waals surface area contributed by atoms with E-state index >= 15 is 0 Å². The van der Waals surface area contributed by atoms with E-state index in [1.807, 2.05) is 24.3 Å². The summed E-state index contributed by atoms with van der Waals surface area (Å²) in [6.45, 7) is 6.12. The van der Waals surface area contributed by atoms with E-state index in [-0.39, 0.29) is 23.6 Å². The molecule has 0 bridgehead atoms. The second-order valence-corrected chi connectivity index (χ2v) is 13.3. The lowest BCUT2D eigenvalue weighted by Gasteiger charge is -2.23. The summed E-state index contributed by atoms with van der Waals surface area (Å²) in [5.41, 5.74) is 2.32. The molecule has 1 aliphatic heterocycles. The topological polar surface area (TPSA) is 125 Å². The van der Waals surface area contributed by atoms with Crippen LogP contribution in [-0.2, 0) is 27.9 Å². The number of amides is 1. The Hall–Kier alpha value is -3.57. The zero-order valence-corrected chi connectivity index (χ0v) is 24.9. The largest absolute Gasteiger partial charge is 0.493 e. The molecule has 0 radical (unpaired) electrons. The monoisotopic (exact) mass is 583 g/mol. The highest BCUT2D eigenvalue weighted by Crippen LogP contribution is 2.44. The molecule has 1 aromatic heterocycles. The Kier molecular flexibility index (Phi) is 7.78. The maximum absolute atomic E-state index is 13.6. The van der Waals surface area contributed by atoms with Gasteiger partial charge in [0.2, 0.25) is 0 Å². The standard InChI is InChI=1S/C30H37N3O7S/c1-30(2,3)39-29(35)33-23-12-11-18(16-31-20-9-7-6-8-10-20)13-19(23)14-24(33)21-15-25(38-4)27(40-41(5,36)37)22-17-32-28(34)26(21)22/h11-15,20,31H,6-10,16-17H2,1-5H3,(H,32,34). The van der Waals surface area contributed by atoms with Crippen LogP contribution in [-0.4, -0.2) is 50.0 Å². The molecule has 2 aliphatic rings. The third-order valence-electron chi connectivity index (χ3n) is 7.37. The van der Waals surface area contributed by atoms with Crippen LogP contribution in [0.4, 0.5) is 4.79 Å². The van der Waals surface area contributed by atoms with Gasteiger partial charge in [0.25, 0.3) is 5.91 Å². The first-order valence-corrected chi connectivity index (χ1v) is 15.7. The molecule has 2 aromatic carbocycles. The molecule has 3 aromatic rings. The summed E-state index contributed by atoms with van der Waals surface area (Å²) in [6.07, 6.45) is 6.46. The summed E-state index contributed by atoms with van der Waals surface area (Å²) in [6, 6.07) is 9.80. The molecule has 220 valence electrons. The van der Waals surface area contributed by atoms with E-state index in [2.05, 4.69) is 10.6 Å². The number of rotatable bonds is 7. The van der Waals surface area contributed by atoms with Crippen LogP contribution in [0.5, 0.6) is 11.5 Å². The molecule has 2 heterocycles. The normalized spacial score (nSPS) is 16.0. The Balaban J connectivity index is 1.66. The first-order valence-electron chi connectivity index (χ1n) is 13.9. The fourth-order valence-corrected chi connectivity index (χ4v) is 6.11. The number of nitrogens with one attached hydrogen (secondary N) is 2. The van der Waals surface area contributed by atoms with Gasteiger partial charge >= 0.3 is 16.2 Å². The second kappa shape index (κ2) is 11.0. The van der Waals surface area contributed by atoms with Crippen molar-refractivity contribution in [2.45, 2.75) is 77.6 Å². The van der Waals surface area contributed by atoms with Crippen LogP contribution < -0.4 is 19.6 Å². The number of methoxy groups -OCH3 is 1. The third kappa shape index (κ3) is 6.20. The number of ether oxygens (including phenoxy) is 2. The Morgan fingerprint density at radius 3 is 2.51 bits per heavy atom. The molecule has 0 spiro atoms. The molecule has 0 unspecified atom stereocenters. The first kappa shape index (κ1) is 28.9. The van der Waals surface area contributed by atoms with Crippen LogP contribution in [0.2, 0.25) is 0 Å². The molecule has 1 amide bonds. The van der Waals surface area contributed by atoms with Gasteiger partial charge in [0.1, 0.15) is 5.60 Å². The van der Waals surface area contributed by atoms with Crippen molar-refractivity contribution >= 4 is 33.0 Å². The van der Waals surface area contributed by atoms with Gasteiger partial charge in [-0.05, 0) is 63.4 Å². The lowest BCUT2D eigenvalue weighted by atomic mass is 9.95. The molecule has 0 atom stereocenters. The van der Waals surface area contributed by atoms with E-state index in [1.165, 1.54) is 49.8 Å². The van der Waals surface area contributed by atoms with Crippen LogP contribution in [0.3, 0.4) is 0 Å². The average molecular weight is 584 g/mol. The zero-order chi connectivity index (χ0) is 29.5. The van der Waals surface area contributed by atoms with Crippen LogP contribution in [0, 0.1) is 0 Å². The quantitative estimate of drug-likeness (QED) is 0.368. The fourth-order valence-electron chi connectivity index (χ4n) is 5.62. The number of carbonyl (C=O) groups excluding carboxylic acids is 2. The minimum absolute atomic E-state index is 0.0485. The lowest BCUT2D eigenvalue weighted by molar-refractivity contribution is 0.0546. The number of fused-ring (bicyclic) bond motifs is 2. The summed E-state index contributed by atoms with van der Waals surface area (Å²) >= 11 is 0. The van der Waals surface area contributed by atoms with Crippen molar-refractivity contribution in [1.29, 1.82) is 0 Å². The van der Waals surface area contributed by atoms with Gasteiger partial charge in [0.15, 0.2) is 11.5 Å². The Labute approximate surface area is 240 Å². The maximum Gasteiger partial charge on any atom is 0.419 e. The summed E-state index contributed by atoms with van der Waals surface area (Å²) in [5, 5.41) is 7.21. The lowest BCUT2D eigenvalue weighted by Crippen LogP contribution is -2.30. The van der Waals surface area contributed by atoms with Gasteiger partial charge in [0, 0.05) is 35.6 Å². The SMILES string of the molecule is COc1cc(-c2cc3cc(CNC4CCCCC4)ccc3n2C(=O)OC(C)(C)C)c2c(c1OS(C)(=O)=O)CNC2=O. The highest BCUT2D eigenvalue weighted by atomic mass is 32.2. The van der Waals surface area contributed by atoms with E-state index < -0.39 is 27.7 Å². The number of carbonyl (C=O) groups is 2. The van der Waals surface area contributed by atoms with Crippen molar-refractivity contribution in [2.24, 2.45) is 0 Å². The van der Waals surface area contributed by atoms with Crippen molar-refractivity contribution in [3.8, 4) is 22.8 Å². The van der Waals surface area contributed by atoms with Crippen molar-refractivity contribution in [2.75, 3.05) is 13.4 Å². The molecule has 1 saturated carbocycles. The first-order chi connectivity index (χ1) is 19.3. The number of nitrogens with zero attached hydrogens (tertiary/aromatic N) is 1. The predicted molar refractivity (Wildman–Crippen MR) is 156 cm³/mol. The molecule has 11 heteroatoms. The molecule has 1 aliphatic carbocycles. The van der Waals surface area contributed by atoms with Gasteiger partial charge in [-0.2, -0.15) is 8.42 Å². The average Bonchev–Trinajstić information content (AvgIpc) is 3.47. The van der Waals surface area contributed by atoms with E-state index in [0.717, 1.165) is 17.2 Å². The minimum Gasteiger partial charge on any atom is -0.493 e. The highest BCUT2D eigenvalue weighted by Gasteiger charge is 2.34. The van der Waals surface area contributed by atoms with Crippen molar-refractivity contribution < 1.29 is 31.7 Å². The number of hydrogen-bond acceptors (Lipinski definition) is 8. The molecule has 1 fully saturated rings. The molecule has 2 N–H and O–H groups in total.